The smallest absolute Gasteiger partial charge is 0.233 e. The van der Waals surface area contributed by atoms with Gasteiger partial charge in [0, 0.05) is 16.6 Å². The van der Waals surface area contributed by atoms with Crippen molar-refractivity contribution in [2.45, 2.75) is 29.5 Å². The number of rotatable bonds is 8. The average Bonchev–Trinajstić information content (AvgIpc) is 3.00. The maximum absolute atomic E-state index is 12.4. The van der Waals surface area contributed by atoms with Gasteiger partial charge in [-0.1, -0.05) is 58.4 Å². The van der Waals surface area contributed by atoms with E-state index < -0.39 is 0 Å². The molecule has 25 heavy (non-hydrogen) atoms. The van der Waals surface area contributed by atoms with Crippen LogP contribution in [0.2, 0.25) is 10.0 Å². The van der Waals surface area contributed by atoms with Gasteiger partial charge in [-0.05, 0) is 31.5 Å². The third-order valence-electron chi connectivity index (χ3n) is 3.24. The van der Waals surface area contributed by atoms with Crippen molar-refractivity contribution in [1.82, 2.24) is 15.5 Å². The molecule has 0 saturated carbocycles. The van der Waals surface area contributed by atoms with Crippen molar-refractivity contribution in [1.29, 1.82) is 0 Å². The molecule has 0 aliphatic heterocycles. The van der Waals surface area contributed by atoms with Crippen molar-refractivity contribution >= 4 is 57.3 Å². The minimum Gasteiger partial charge on any atom is -0.357 e. The molecule has 0 fully saturated rings. The fraction of sp³-hybridized carbons (Fsp3) is 0.312. The predicted octanol–water partition coefficient (Wildman–Crippen LogP) is 4.80. The maximum Gasteiger partial charge on any atom is 0.233 e. The Bertz CT molecular complexity index is 753. The molecule has 5 nitrogen and oxygen atoms in total. The number of benzene rings is 1. The van der Waals surface area contributed by atoms with Gasteiger partial charge in [0.1, 0.15) is 0 Å². The number of carbonyl (C=O) groups excluding carboxylic acids is 1. The molecule has 9 heteroatoms. The molecule has 1 heterocycles. The van der Waals surface area contributed by atoms with E-state index in [0.717, 1.165) is 9.90 Å². The zero-order valence-electron chi connectivity index (χ0n) is 13.8. The number of hydrogen-bond donors (Lipinski definition) is 2. The highest BCUT2D eigenvalue weighted by molar-refractivity contribution is 8.02. The molecule has 2 unspecified atom stereocenters. The van der Waals surface area contributed by atoms with Gasteiger partial charge in [-0.3, -0.25) is 4.79 Å². The zero-order chi connectivity index (χ0) is 18.4. The summed E-state index contributed by atoms with van der Waals surface area (Å²) in [5, 5.41) is 15.6. The molecule has 0 saturated heterocycles. The highest BCUT2D eigenvalue weighted by atomic mass is 35.5. The van der Waals surface area contributed by atoms with Crippen molar-refractivity contribution in [3.05, 3.63) is 46.5 Å². The Morgan fingerprint density at radius 1 is 1.40 bits per heavy atom. The predicted molar refractivity (Wildman–Crippen MR) is 107 cm³/mol. The highest BCUT2D eigenvalue weighted by Crippen LogP contribution is 2.30. The summed E-state index contributed by atoms with van der Waals surface area (Å²) < 4.78 is 0.728. The number of thioether (sulfide) groups is 1. The van der Waals surface area contributed by atoms with Gasteiger partial charge in [-0.25, -0.2) is 0 Å². The normalized spacial score (nSPS) is 13.1. The van der Waals surface area contributed by atoms with Crippen molar-refractivity contribution in [3.63, 3.8) is 0 Å². The third kappa shape index (κ3) is 5.88. The quantitative estimate of drug-likeness (QED) is 0.477. The first-order chi connectivity index (χ1) is 11.9. The van der Waals surface area contributed by atoms with E-state index in [4.69, 9.17) is 23.2 Å². The summed E-state index contributed by atoms with van der Waals surface area (Å²) in [6, 6.07) is 5.01. The zero-order valence-corrected chi connectivity index (χ0v) is 16.9. The number of amides is 1. The number of halogens is 2. The largest absolute Gasteiger partial charge is 0.357 e. The minimum absolute atomic E-state index is 0.0979. The number of hydrogen-bond acceptors (Lipinski definition) is 6. The van der Waals surface area contributed by atoms with Gasteiger partial charge in [0.2, 0.25) is 11.0 Å². The summed E-state index contributed by atoms with van der Waals surface area (Å²) in [6.07, 6.45) is 1.74. The number of anilines is 1. The van der Waals surface area contributed by atoms with E-state index in [1.807, 2.05) is 19.9 Å². The molecule has 0 spiro atoms. The third-order valence-corrected chi connectivity index (χ3v) is 5.87. The molecule has 2 N–H and O–H groups in total. The molecule has 1 aromatic carbocycles. The fourth-order valence-corrected chi connectivity index (χ4v) is 4.44. The lowest BCUT2D eigenvalue weighted by molar-refractivity contribution is -0.120. The van der Waals surface area contributed by atoms with Crippen LogP contribution in [0.5, 0.6) is 0 Å². The van der Waals surface area contributed by atoms with Crippen LogP contribution in [0.1, 0.15) is 25.5 Å². The molecule has 1 amide bonds. The second kappa shape index (κ2) is 9.43. The highest BCUT2D eigenvalue weighted by Gasteiger charge is 2.20. The van der Waals surface area contributed by atoms with Crippen LogP contribution in [0.25, 0.3) is 0 Å². The molecule has 1 aromatic heterocycles. The molecular formula is C16H18Cl2N4OS2. The molecule has 134 valence electrons. The van der Waals surface area contributed by atoms with Gasteiger partial charge in [0.15, 0.2) is 4.34 Å². The Kier molecular flexibility index (Phi) is 7.56. The molecule has 0 aliphatic carbocycles. The number of nitrogens with zero attached hydrogens (tertiary/aromatic N) is 2. The summed E-state index contributed by atoms with van der Waals surface area (Å²) in [6.45, 7) is 7.97. The van der Waals surface area contributed by atoms with Crippen LogP contribution in [-0.4, -0.2) is 27.9 Å². The van der Waals surface area contributed by atoms with E-state index in [2.05, 4.69) is 27.4 Å². The SMILES string of the molecule is C=CCNc1nnc(SC(C)C(=O)NC(C)c2ccc(Cl)cc2Cl)s1. The van der Waals surface area contributed by atoms with Gasteiger partial charge in [-0.15, -0.1) is 16.8 Å². The molecule has 2 aromatic rings. The van der Waals surface area contributed by atoms with E-state index in [1.165, 1.54) is 23.1 Å². The number of nitrogens with one attached hydrogen (secondary N) is 2. The van der Waals surface area contributed by atoms with E-state index in [0.29, 0.717) is 21.7 Å². The summed E-state index contributed by atoms with van der Waals surface area (Å²) >= 11 is 14.9. The Hall–Kier alpha value is -1.28. The van der Waals surface area contributed by atoms with E-state index >= 15 is 0 Å². The summed E-state index contributed by atoms with van der Waals surface area (Å²) in [4.78, 5) is 12.4. The maximum atomic E-state index is 12.4. The van der Waals surface area contributed by atoms with Crippen LogP contribution in [0.4, 0.5) is 5.13 Å². The van der Waals surface area contributed by atoms with Crippen LogP contribution in [0, 0.1) is 0 Å². The molecular weight excluding hydrogens is 399 g/mol. The Labute approximate surface area is 165 Å². The molecule has 0 bridgehead atoms. The van der Waals surface area contributed by atoms with E-state index in [1.54, 1.807) is 18.2 Å². The molecule has 0 aliphatic rings. The van der Waals surface area contributed by atoms with Crippen molar-refractivity contribution in [2.75, 3.05) is 11.9 Å². The molecule has 0 radical (unpaired) electrons. The second-order valence-corrected chi connectivity index (χ2v) is 8.61. The molecule has 2 rings (SSSR count). The Morgan fingerprint density at radius 2 is 2.16 bits per heavy atom. The second-order valence-electron chi connectivity index (χ2n) is 5.20. The monoisotopic (exact) mass is 416 g/mol. The summed E-state index contributed by atoms with van der Waals surface area (Å²) in [7, 11) is 0. The first-order valence-electron chi connectivity index (χ1n) is 7.51. The van der Waals surface area contributed by atoms with Crippen LogP contribution < -0.4 is 10.6 Å². The van der Waals surface area contributed by atoms with Gasteiger partial charge in [-0.2, -0.15) is 0 Å². The van der Waals surface area contributed by atoms with Crippen LogP contribution in [0.15, 0.2) is 35.2 Å². The lowest BCUT2D eigenvalue weighted by Crippen LogP contribution is -2.33. The lowest BCUT2D eigenvalue weighted by atomic mass is 10.1. The Balaban J connectivity index is 1.93. The van der Waals surface area contributed by atoms with Gasteiger partial charge in [0.05, 0.1) is 11.3 Å². The van der Waals surface area contributed by atoms with E-state index in [-0.39, 0.29) is 17.2 Å². The van der Waals surface area contributed by atoms with Crippen molar-refractivity contribution in [2.24, 2.45) is 0 Å². The fourth-order valence-electron chi connectivity index (χ4n) is 1.95. The minimum atomic E-state index is -0.311. The van der Waals surface area contributed by atoms with Crippen LogP contribution >= 0.6 is 46.3 Å². The topological polar surface area (TPSA) is 66.9 Å². The van der Waals surface area contributed by atoms with Crippen LogP contribution in [0.3, 0.4) is 0 Å². The average molecular weight is 417 g/mol. The standard InChI is InChI=1S/C16H18Cl2N4OS2/c1-4-7-19-15-21-22-16(25-15)24-10(3)14(23)20-9(2)12-6-5-11(17)8-13(12)18/h4-6,8-10H,1,7H2,2-3H3,(H,19,21)(H,20,23). The van der Waals surface area contributed by atoms with Crippen molar-refractivity contribution in [3.8, 4) is 0 Å². The lowest BCUT2D eigenvalue weighted by Gasteiger charge is -2.18. The number of carbonyl (C=O) groups is 1. The van der Waals surface area contributed by atoms with E-state index in [9.17, 15) is 4.79 Å². The Morgan fingerprint density at radius 3 is 2.84 bits per heavy atom. The first kappa shape index (κ1) is 20.0. The van der Waals surface area contributed by atoms with Crippen molar-refractivity contribution < 1.29 is 4.79 Å². The van der Waals surface area contributed by atoms with Gasteiger partial charge >= 0.3 is 0 Å². The summed E-state index contributed by atoms with van der Waals surface area (Å²) in [5.74, 6) is -0.0979. The number of aromatic nitrogens is 2. The first-order valence-corrected chi connectivity index (χ1v) is 9.96. The van der Waals surface area contributed by atoms with Gasteiger partial charge in [0.25, 0.3) is 0 Å². The van der Waals surface area contributed by atoms with Gasteiger partial charge < -0.3 is 10.6 Å². The molecule has 2 atom stereocenters. The van der Waals surface area contributed by atoms with Crippen LogP contribution in [-0.2, 0) is 4.79 Å². The summed E-state index contributed by atoms with van der Waals surface area (Å²) in [5.41, 5.74) is 0.823.